The van der Waals surface area contributed by atoms with Gasteiger partial charge in [-0.05, 0) is 247 Å². The summed E-state index contributed by atoms with van der Waals surface area (Å²) in [5.74, 6) is 1.86. The van der Waals surface area contributed by atoms with Crippen LogP contribution in [0.4, 0.5) is 0 Å². The molecule has 0 saturated carbocycles. The second-order valence-corrected chi connectivity index (χ2v) is 41.9. The van der Waals surface area contributed by atoms with Gasteiger partial charge in [-0.3, -0.25) is 0 Å². The average molecular weight is 1630 g/mol. The topological polar surface area (TPSA) is 106 Å². The summed E-state index contributed by atoms with van der Waals surface area (Å²) >= 11 is 0. The molecule has 0 unspecified atom stereocenters. The van der Waals surface area contributed by atoms with Gasteiger partial charge in [0.1, 0.15) is 0 Å². The molecular weight excluding hydrogens is 1520 g/mol. The first kappa shape index (κ1) is 83.2. The normalized spacial score (nSPS) is 12.9. The van der Waals surface area contributed by atoms with Gasteiger partial charge >= 0.3 is 16.5 Å². The molecule has 0 radical (unpaired) electrons. The number of hydrogen-bond donors (Lipinski definition) is 0. The zero-order valence-corrected chi connectivity index (χ0v) is 76.0. The Labute approximate surface area is 726 Å². The van der Waals surface area contributed by atoms with Crippen molar-refractivity contribution in [2.75, 3.05) is 0 Å². The van der Waals surface area contributed by atoms with Gasteiger partial charge in [0, 0.05) is 44.8 Å². The van der Waals surface area contributed by atoms with Crippen LogP contribution < -0.4 is 9.97 Å². The first-order chi connectivity index (χ1) is 56.4. The molecule has 0 spiro atoms. The molecule has 17 rings (SSSR count). The summed E-state index contributed by atoms with van der Waals surface area (Å²) in [5, 5.41) is 3.25. The first-order valence-electron chi connectivity index (χ1n) is 42.8. The van der Waals surface area contributed by atoms with E-state index >= 15 is 0 Å². The van der Waals surface area contributed by atoms with Crippen molar-refractivity contribution in [2.45, 2.75) is 209 Å². The molecule has 0 aliphatic carbocycles. The molecule has 3 aromatic heterocycles. The van der Waals surface area contributed by atoms with E-state index in [1.165, 1.54) is 44.5 Å². The van der Waals surface area contributed by atoms with E-state index in [4.69, 9.17) is 39.9 Å². The number of aromatic nitrogens is 8. The Morgan fingerprint density at radius 3 is 0.405 bits per heavy atom. The van der Waals surface area contributed by atoms with Gasteiger partial charge in [0.05, 0.1) is 23.3 Å². The van der Waals surface area contributed by atoms with E-state index in [1.54, 1.807) is 0 Å². The summed E-state index contributed by atoms with van der Waals surface area (Å²) in [6.07, 6.45) is 0. The fourth-order valence-electron chi connectivity index (χ4n) is 17.0. The van der Waals surface area contributed by atoms with Gasteiger partial charge in [-0.2, -0.15) is 0 Å². The summed E-state index contributed by atoms with van der Waals surface area (Å²) in [7, 11) is 0. The van der Waals surface area contributed by atoms with Gasteiger partial charge in [-0.1, -0.05) is 360 Å². The molecule has 0 fully saturated rings. The van der Waals surface area contributed by atoms with Crippen LogP contribution in [0.1, 0.15) is 211 Å². The minimum Gasteiger partial charge on any atom is -0.357 e. The van der Waals surface area contributed by atoms with Gasteiger partial charge in [-0.15, -0.1) is 0 Å². The van der Waals surface area contributed by atoms with Gasteiger partial charge in [0.15, 0.2) is 0 Å². The Hall–Kier alpha value is -11.5. The van der Waals surface area contributed by atoms with Crippen LogP contribution in [0.3, 0.4) is 0 Å². The first-order valence-corrected chi connectivity index (χ1v) is 42.8. The molecule has 0 saturated heterocycles. The zero-order chi connectivity index (χ0) is 85.0. The van der Waals surface area contributed by atoms with Crippen LogP contribution in [0.25, 0.3) is 179 Å². The van der Waals surface area contributed by atoms with Crippen molar-refractivity contribution >= 4 is 44.1 Å². The molecule has 0 amide bonds. The molecule has 15 aromatic rings. The number of fused-ring (bicyclic) bond motifs is 20. The summed E-state index contributed by atoms with van der Waals surface area (Å²) in [5.41, 5.74) is 31.4. The number of nitrogens with zero attached hydrogens (tertiary/aromatic N) is 8. The predicted molar refractivity (Wildman–Crippen MR) is 507 cm³/mol. The molecule has 12 aromatic carbocycles. The summed E-state index contributed by atoms with van der Waals surface area (Å²) in [6.45, 7) is 54.5. The Balaban J connectivity index is 0.0000109. The third-order valence-corrected chi connectivity index (χ3v) is 24.7. The van der Waals surface area contributed by atoms with E-state index in [0.29, 0.717) is 45.9 Å². The van der Waals surface area contributed by atoms with E-state index in [1.807, 2.05) is 0 Å². The number of rotatable bonds is 8. The Bertz CT molecular complexity index is 5910. The van der Waals surface area contributed by atoms with E-state index < -0.39 is 0 Å². The third-order valence-electron chi connectivity index (χ3n) is 24.7. The fraction of sp³-hybridized carbons (Fsp3) is 0.286. The number of benzene rings is 12. The number of hydrogen-bond acceptors (Lipinski definition) is 6. The second-order valence-electron chi connectivity index (χ2n) is 41.9. The zero-order valence-electron chi connectivity index (χ0n) is 75.0. The standard InChI is InChI=1S/C112H112N8.Ni/c1-105(2,3)73-41-25-65(26-42-73)81-57-89-90(58-82(81)66-27-43-74(44-28-66)106(4,5)6)98-113-97(89)117-99-91-59-83(67-29-45-75(46-30-67)107(7,8)9)84(68-31-47-76(48-32-68)108(10,11)12)60-92(91)101(114-99)119-103-95-63-87(71-37-53-79(54-38-71)111(19,20)21)88(72-39-55-80(56-40-72)112(22,23)24)64-96(95)104(116-103)120-102-94-62-86(70-35-51-78(52-36-70)110(16,17)18)85(61-93(94)100(115-102)118-98)69-33-49-77(50-34-69)109(13,14)15;/h25-64H,1-24H3;/q-2;+2. The van der Waals surface area contributed by atoms with Gasteiger partial charge in [-0.25, -0.2) is 9.97 Å². The van der Waals surface area contributed by atoms with Crippen LogP contribution in [0.5, 0.6) is 0 Å². The Kier molecular flexibility index (Phi) is 20.6. The molecule has 2 aliphatic heterocycles. The van der Waals surface area contributed by atoms with E-state index in [0.717, 1.165) is 133 Å². The molecule has 9 heteroatoms. The fourth-order valence-corrected chi connectivity index (χ4v) is 17.0. The molecular formula is C112H112N8Ni. The largest absolute Gasteiger partial charge is 2.00 e. The molecule has 8 bridgehead atoms. The van der Waals surface area contributed by atoms with Crippen molar-refractivity contribution in [3.05, 3.63) is 287 Å². The van der Waals surface area contributed by atoms with Crippen LogP contribution in [0, 0.1) is 0 Å². The van der Waals surface area contributed by atoms with E-state index in [2.05, 4.69) is 409 Å². The molecule has 0 atom stereocenters. The maximum absolute atomic E-state index is 5.88. The summed E-state index contributed by atoms with van der Waals surface area (Å²) < 4.78 is 0. The molecule has 2 aliphatic rings. The molecule has 0 N–H and O–H groups in total. The molecule has 610 valence electrons. The van der Waals surface area contributed by atoms with Crippen LogP contribution in [0.15, 0.2) is 243 Å². The quantitative estimate of drug-likeness (QED) is 0.139. The Morgan fingerprint density at radius 2 is 0.281 bits per heavy atom. The minimum atomic E-state index is -0.0679. The van der Waals surface area contributed by atoms with Crippen molar-refractivity contribution in [3.63, 3.8) is 0 Å². The van der Waals surface area contributed by atoms with Crippen molar-refractivity contribution < 1.29 is 16.5 Å². The van der Waals surface area contributed by atoms with Crippen LogP contribution in [0.2, 0.25) is 0 Å². The van der Waals surface area contributed by atoms with Crippen LogP contribution >= 0.6 is 0 Å². The molecule has 5 heterocycles. The molecule has 121 heavy (non-hydrogen) atoms. The van der Waals surface area contributed by atoms with Crippen molar-refractivity contribution in [1.29, 1.82) is 0 Å². The smallest absolute Gasteiger partial charge is 0.357 e. The average Bonchev–Trinajstić information content (AvgIpc) is 1.59. The van der Waals surface area contributed by atoms with E-state index in [-0.39, 0.29) is 59.8 Å². The minimum absolute atomic E-state index is 0. The van der Waals surface area contributed by atoms with Gasteiger partial charge < -0.3 is 29.9 Å². The van der Waals surface area contributed by atoms with Crippen molar-refractivity contribution in [3.8, 4) is 135 Å². The monoisotopic (exact) mass is 1630 g/mol. The maximum Gasteiger partial charge on any atom is 2.00 e. The van der Waals surface area contributed by atoms with E-state index in [9.17, 15) is 0 Å². The summed E-state index contributed by atoms with van der Waals surface area (Å²) in [6, 6.07) is 91.1. The van der Waals surface area contributed by atoms with Crippen molar-refractivity contribution in [2.24, 2.45) is 0 Å². The predicted octanol–water partition coefficient (Wildman–Crippen LogP) is 29.8. The summed E-state index contributed by atoms with van der Waals surface area (Å²) in [4.78, 5) is 46.6. The Morgan fingerprint density at radius 1 is 0.157 bits per heavy atom. The SMILES string of the molecule is CC(C)(C)c1ccc(-c2cc3c(cc2-c2ccc(C(C)(C)C)cc2)-c2nc-3nc3[n-]c(nc4nc(nc5[n-]c(n2)c2cc(-c6ccc(C(C)(C)C)cc6)c(-c6ccc(C(C)(C)C)cc6)cc52)-c2cc(-c5ccc(C(C)(C)C)cc5)c(-c5ccc(C(C)(C)C)cc5)cc2-4)c2cc(-c4ccc(C(C)(C)C)cc4)c(-c4ccc(C(C)(C)C)cc4)cc32)cc1.[Ni+2]. The maximum atomic E-state index is 5.88. The van der Waals surface area contributed by atoms with Gasteiger partial charge in [0.2, 0.25) is 0 Å². The van der Waals surface area contributed by atoms with Crippen LogP contribution in [-0.4, -0.2) is 29.9 Å². The van der Waals surface area contributed by atoms with Crippen LogP contribution in [-0.2, 0) is 59.8 Å². The van der Waals surface area contributed by atoms with Crippen molar-refractivity contribution in [1.82, 2.24) is 39.9 Å². The molecule has 8 nitrogen and oxygen atoms in total. The second kappa shape index (κ2) is 30.0. The third kappa shape index (κ3) is 16.1. The van der Waals surface area contributed by atoms with Gasteiger partial charge in [0.25, 0.3) is 0 Å².